The standard InChI is InChI=1S/C20H25NO9/c1-7-27-18(25)16(21-19(26)30-20(4,5)6)17(24)14-9-8-13(28-11(2)22)10-15(14)29-12(3)23/h8-10,16H,7H2,1-6H3,(H,21,26). The predicted molar refractivity (Wildman–Crippen MR) is 103 cm³/mol. The van der Waals surface area contributed by atoms with Crippen molar-refractivity contribution in [2.24, 2.45) is 0 Å². The van der Waals surface area contributed by atoms with Crippen LogP contribution < -0.4 is 14.8 Å². The minimum Gasteiger partial charge on any atom is -0.464 e. The summed E-state index contributed by atoms with van der Waals surface area (Å²) in [7, 11) is 0. The lowest BCUT2D eigenvalue weighted by molar-refractivity contribution is -0.144. The van der Waals surface area contributed by atoms with Crippen LogP contribution in [0.3, 0.4) is 0 Å². The van der Waals surface area contributed by atoms with E-state index in [9.17, 15) is 24.0 Å². The largest absolute Gasteiger partial charge is 0.464 e. The van der Waals surface area contributed by atoms with Crippen LogP contribution in [0.1, 0.15) is 51.9 Å². The summed E-state index contributed by atoms with van der Waals surface area (Å²) in [5.74, 6) is -3.55. The molecule has 0 fully saturated rings. The summed E-state index contributed by atoms with van der Waals surface area (Å²) in [4.78, 5) is 60.0. The van der Waals surface area contributed by atoms with Crippen molar-refractivity contribution >= 4 is 29.8 Å². The molecule has 1 aromatic carbocycles. The SMILES string of the molecule is CCOC(=O)C(NC(=O)OC(C)(C)C)C(=O)c1ccc(OC(C)=O)cc1OC(C)=O. The third kappa shape index (κ3) is 7.90. The molecule has 10 nitrogen and oxygen atoms in total. The summed E-state index contributed by atoms with van der Waals surface area (Å²) in [6.45, 7) is 8.60. The van der Waals surface area contributed by atoms with Crippen molar-refractivity contribution in [3.05, 3.63) is 23.8 Å². The lowest BCUT2D eigenvalue weighted by Gasteiger charge is -2.22. The molecule has 0 aliphatic carbocycles. The Morgan fingerprint density at radius 2 is 1.60 bits per heavy atom. The maximum absolute atomic E-state index is 13.0. The van der Waals surface area contributed by atoms with Gasteiger partial charge in [0, 0.05) is 19.9 Å². The highest BCUT2D eigenvalue weighted by atomic mass is 16.6. The normalized spacial score (nSPS) is 11.7. The fourth-order valence-electron chi connectivity index (χ4n) is 2.21. The van der Waals surface area contributed by atoms with E-state index < -0.39 is 41.4 Å². The molecule has 0 spiro atoms. The molecule has 30 heavy (non-hydrogen) atoms. The Morgan fingerprint density at radius 1 is 1.00 bits per heavy atom. The van der Waals surface area contributed by atoms with Crippen LogP contribution in [-0.2, 0) is 23.9 Å². The molecule has 0 heterocycles. The second-order valence-corrected chi connectivity index (χ2v) is 7.04. The van der Waals surface area contributed by atoms with Gasteiger partial charge in [-0.15, -0.1) is 0 Å². The first kappa shape index (κ1) is 24.6. The number of carbonyl (C=O) groups is 5. The van der Waals surface area contributed by atoms with Gasteiger partial charge in [0.05, 0.1) is 12.2 Å². The number of alkyl carbamates (subject to hydrolysis) is 1. The summed E-state index contributed by atoms with van der Waals surface area (Å²) in [5, 5.41) is 2.17. The number of benzene rings is 1. The number of nitrogens with one attached hydrogen (secondary N) is 1. The van der Waals surface area contributed by atoms with Crippen molar-refractivity contribution in [2.75, 3.05) is 6.61 Å². The van der Waals surface area contributed by atoms with E-state index in [1.54, 1.807) is 20.8 Å². The molecule has 10 heteroatoms. The maximum Gasteiger partial charge on any atom is 0.408 e. The highest BCUT2D eigenvalue weighted by Gasteiger charge is 2.34. The number of ether oxygens (including phenoxy) is 4. The summed E-state index contributed by atoms with van der Waals surface area (Å²) >= 11 is 0. The van der Waals surface area contributed by atoms with Crippen molar-refractivity contribution in [2.45, 2.75) is 53.2 Å². The van der Waals surface area contributed by atoms with Gasteiger partial charge < -0.3 is 24.3 Å². The van der Waals surface area contributed by atoms with Crippen LogP contribution in [0, 0.1) is 0 Å². The van der Waals surface area contributed by atoms with Crippen molar-refractivity contribution in [3.63, 3.8) is 0 Å². The van der Waals surface area contributed by atoms with Gasteiger partial charge in [0.1, 0.15) is 17.1 Å². The molecule has 1 atom stereocenters. The molecule has 0 saturated heterocycles. The van der Waals surface area contributed by atoms with Crippen LogP contribution in [0.15, 0.2) is 18.2 Å². The van der Waals surface area contributed by atoms with Gasteiger partial charge in [-0.25, -0.2) is 9.59 Å². The molecule has 164 valence electrons. The number of carbonyl (C=O) groups excluding carboxylic acids is 5. The highest BCUT2D eigenvalue weighted by molar-refractivity contribution is 6.15. The van der Waals surface area contributed by atoms with Crippen LogP contribution in [0.4, 0.5) is 4.79 Å². The van der Waals surface area contributed by atoms with Gasteiger partial charge in [-0.1, -0.05) is 0 Å². The van der Waals surface area contributed by atoms with Gasteiger partial charge in [0.15, 0.2) is 11.8 Å². The molecule has 1 amide bonds. The highest BCUT2D eigenvalue weighted by Crippen LogP contribution is 2.27. The quantitative estimate of drug-likeness (QED) is 0.303. The molecule has 0 saturated carbocycles. The predicted octanol–water partition coefficient (Wildman–Crippen LogP) is 2.18. The molecule has 0 aliphatic heterocycles. The molecule has 1 N–H and O–H groups in total. The van der Waals surface area contributed by atoms with Crippen molar-refractivity contribution in [3.8, 4) is 11.5 Å². The summed E-state index contributed by atoms with van der Waals surface area (Å²) in [5.41, 5.74) is -1.09. The van der Waals surface area contributed by atoms with E-state index in [0.717, 1.165) is 13.0 Å². The van der Waals surface area contributed by atoms with Crippen LogP contribution in [-0.4, -0.2) is 48.0 Å². The second-order valence-electron chi connectivity index (χ2n) is 7.04. The van der Waals surface area contributed by atoms with Crippen LogP contribution >= 0.6 is 0 Å². The van der Waals surface area contributed by atoms with Gasteiger partial charge in [0.2, 0.25) is 0 Å². The van der Waals surface area contributed by atoms with Gasteiger partial charge in [0.25, 0.3) is 0 Å². The molecular formula is C20H25NO9. The minimum absolute atomic E-state index is 0.0167. The third-order valence-corrected chi connectivity index (χ3v) is 3.18. The summed E-state index contributed by atoms with van der Waals surface area (Å²) in [6.07, 6.45) is -1.01. The Bertz CT molecular complexity index is 839. The Balaban J connectivity index is 3.32. The van der Waals surface area contributed by atoms with Crippen molar-refractivity contribution < 1.29 is 42.9 Å². The van der Waals surface area contributed by atoms with Crippen molar-refractivity contribution in [1.82, 2.24) is 5.32 Å². The average molecular weight is 423 g/mol. The number of esters is 3. The van der Waals surface area contributed by atoms with E-state index in [2.05, 4.69) is 5.32 Å². The topological polar surface area (TPSA) is 134 Å². The Kier molecular flexibility index (Phi) is 8.51. The van der Waals surface area contributed by atoms with E-state index >= 15 is 0 Å². The first-order valence-electron chi connectivity index (χ1n) is 9.05. The van der Waals surface area contributed by atoms with E-state index in [1.165, 1.54) is 26.0 Å². The Morgan fingerprint density at radius 3 is 2.10 bits per heavy atom. The zero-order valence-corrected chi connectivity index (χ0v) is 17.7. The molecular weight excluding hydrogens is 398 g/mol. The molecule has 1 rings (SSSR count). The van der Waals surface area contributed by atoms with E-state index in [4.69, 9.17) is 18.9 Å². The zero-order valence-electron chi connectivity index (χ0n) is 17.7. The summed E-state index contributed by atoms with van der Waals surface area (Å²) < 4.78 is 19.9. The molecule has 1 aromatic rings. The number of amides is 1. The molecule has 0 aliphatic rings. The van der Waals surface area contributed by atoms with E-state index in [-0.39, 0.29) is 23.7 Å². The first-order chi connectivity index (χ1) is 13.8. The number of hydrogen-bond donors (Lipinski definition) is 1. The number of hydrogen-bond acceptors (Lipinski definition) is 9. The Hall–Kier alpha value is -3.43. The summed E-state index contributed by atoms with van der Waals surface area (Å²) in [6, 6.07) is 1.86. The molecule has 0 radical (unpaired) electrons. The minimum atomic E-state index is -1.76. The number of ketones is 1. The Labute approximate surface area is 173 Å². The lowest BCUT2D eigenvalue weighted by atomic mass is 10.0. The lowest BCUT2D eigenvalue weighted by Crippen LogP contribution is -2.49. The fourth-order valence-corrected chi connectivity index (χ4v) is 2.21. The van der Waals surface area contributed by atoms with Crippen LogP contribution in [0.2, 0.25) is 0 Å². The van der Waals surface area contributed by atoms with Gasteiger partial charge in [-0.2, -0.15) is 0 Å². The third-order valence-electron chi connectivity index (χ3n) is 3.18. The van der Waals surface area contributed by atoms with Crippen LogP contribution in [0.5, 0.6) is 11.5 Å². The smallest absolute Gasteiger partial charge is 0.408 e. The fraction of sp³-hybridized carbons (Fsp3) is 0.450. The van der Waals surface area contributed by atoms with Crippen LogP contribution in [0.25, 0.3) is 0 Å². The maximum atomic E-state index is 13.0. The molecule has 0 bridgehead atoms. The van der Waals surface area contributed by atoms with E-state index in [0.29, 0.717) is 0 Å². The zero-order chi connectivity index (χ0) is 23.1. The number of rotatable bonds is 7. The van der Waals surface area contributed by atoms with E-state index in [1.807, 2.05) is 0 Å². The van der Waals surface area contributed by atoms with Gasteiger partial charge in [-0.05, 0) is 39.8 Å². The average Bonchev–Trinajstić information content (AvgIpc) is 2.57. The molecule has 0 aromatic heterocycles. The van der Waals surface area contributed by atoms with Gasteiger partial charge >= 0.3 is 24.0 Å². The number of Topliss-reactive ketones (excluding diaryl/α,β-unsaturated/α-hetero) is 1. The first-order valence-corrected chi connectivity index (χ1v) is 9.05. The second kappa shape index (κ2) is 10.4. The molecule has 1 unspecified atom stereocenters. The van der Waals surface area contributed by atoms with Crippen molar-refractivity contribution in [1.29, 1.82) is 0 Å². The van der Waals surface area contributed by atoms with Gasteiger partial charge in [-0.3, -0.25) is 14.4 Å². The monoisotopic (exact) mass is 423 g/mol.